The fourth-order valence-electron chi connectivity index (χ4n) is 6.28. The van der Waals surface area contributed by atoms with Gasteiger partial charge in [0.05, 0.1) is 33.1 Å². The van der Waals surface area contributed by atoms with Crippen LogP contribution in [0.1, 0.15) is 45.2 Å². The van der Waals surface area contributed by atoms with Crippen molar-refractivity contribution in [1.82, 2.24) is 0 Å². The Hall–Kier alpha value is -1.75. The number of rotatable bonds is 6. The average molecular weight is 797 g/mol. The first-order valence-electron chi connectivity index (χ1n) is 13.6. The molecule has 0 saturated heterocycles. The summed E-state index contributed by atoms with van der Waals surface area (Å²) in [5, 5.41) is 13.5. The Kier molecular flexibility index (Phi) is 9.66. The molecule has 41 heavy (non-hydrogen) atoms. The van der Waals surface area contributed by atoms with E-state index < -0.39 is 0 Å². The number of carbonyl (C=O) groups excluding carboxylic acids is 1. The first-order chi connectivity index (χ1) is 18.1. The normalized spacial score (nSPS) is 20.6. The van der Waals surface area contributed by atoms with Gasteiger partial charge in [0, 0.05) is 63.1 Å². The lowest BCUT2D eigenvalue weighted by atomic mass is 9.77. The van der Waals surface area contributed by atoms with Crippen molar-refractivity contribution in [3.8, 4) is 0 Å². The van der Waals surface area contributed by atoms with Crippen LogP contribution >= 0.6 is 32.9 Å². The molecule has 0 radical (unpaired) electrons. The molecule has 0 bridgehead atoms. The highest BCUT2D eigenvalue weighted by molar-refractivity contribution is 9.10. The number of hydrogen-bond donors (Lipinski definition) is 0. The highest BCUT2D eigenvalue weighted by Crippen LogP contribution is 2.50. The predicted molar refractivity (Wildman–Crippen MR) is 171 cm³/mol. The Bertz CT molecular complexity index is 1530. The van der Waals surface area contributed by atoms with Gasteiger partial charge in [0.15, 0.2) is 11.5 Å². The summed E-state index contributed by atoms with van der Waals surface area (Å²) < 4.78 is 4.01. The van der Waals surface area contributed by atoms with Crippen LogP contribution in [-0.4, -0.2) is 61.8 Å². The van der Waals surface area contributed by atoms with E-state index in [1.54, 1.807) is 0 Å². The summed E-state index contributed by atoms with van der Waals surface area (Å²) in [4.78, 5) is 15.8. The number of quaternary nitrogens is 1. The van der Waals surface area contributed by atoms with Crippen LogP contribution in [0.3, 0.4) is 0 Å². The summed E-state index contributed by atoms with van der Waals surface area (Å²) in [5.74, 6) is -0.334. The number of ketones is 1. The number of Topliss-reactive ketones (excluding diaryl/α,β-unsaturated/α-hetero) is 1. The van der Waals surface area contributed by atoms with E-state index in [-0.39, 0.29) is 74.5 Å². The molecule has 0 N–H and O–H groups in total. The minimum Gasteiger partial charge on any atom is -1.00 e. The summed E-state index contributed by atoms with van der Waals surface area (Å²) in [6.07, 6.45) is 4.68. The van der Waals surface area contributed by atoms with Gasteiger partial charge < -0.3 is 38.5 Å². The van der Waals surface area contributed by atoms with Crippen molar-refractivity contribution >= 4 is 55.8 Å². The molecule has 3 aliphatic rings. The van der Waals surface area contributed by atoms with Gasteiger partial charge in [-0.05, 0) is 43.7 Å². The number of para-hydroxylation sites is 1. The number of fused-ring (bicyclic) bond motifs is 2. The summed E-state index contributed by atoms with van der Waals surface area (Å²) in [5.41, 5.74) is 6.55. The highest BCUT2D eigenvalue weighted by atomic mass is 127. The summed E-state index contributed by atoms with van der Waals surface area (Å²) in [6.45, 7) is 10.5. The molecule has 0 spiro atoms. The Morgan fingerprint density at radius 1 is 1.00 bits per heavy atom. The van der Waals surface area contributed by atoms with Gasteiger partial charge in [0.1, 0.15) is 7.05 Å². The van der Waals surface area contributed by atoms with Gasteiger partial charge in [-0.25, -0.2) is 0 Å². The minimum atomic E-state index is -0.340. The third-order valence-electron chi connectivity index (χ3n) is 8.55. The van der Waals surface area contributed by atoms with Crippen LogP contribution in [-0.2, 0) is 15.6 Å². The number of halogens is 3. The second-order valence-corrected chi connectivity index (χ2v) is 14.0. The standard InChI is InChI=1S/C33H39BrN3O2.BrH.HI/c1-32(2)24-12-9-10-13-26(24)35(5)28(32)19-22-30(38)23(31(22)39)20-29-33(3,4)25-18-21(34)14-15-27(25)36(29)16-11-17-37(6,7)8;;/h9-10,12-15,18-20H,11,16-17H2,1-8H3;2*1H/q+1;;/p-1. The Labute approximate surface area is 280 Å². The molecule has 5 nitrogen and oxygen atoms in total. The van der Waals surface area contributed by atoms with Crippen LogP contribution in [0.4, 0.5) is 11.4 Å². The SMILES string of the molecule is Br.C[N+]1=C(/C=C2\C(=O)C(/C=C3/N(CCC[N+](C)(C)C)c4ccc(Br)cc4C3(C)C)=C2[O-])C(C)(C)c2ccccc21.[I-]. The average Bonchev–Trinajstić information content (AvgIpc) is 3.18. The molecule has 2 aliphatic heterocycles. The van der Waals surface area contributed by atoms with Crippen molar-refractivity contribution in [3.05, 3.63) is 92.8 Å². The van der Waals surface area contributed by atoms with Crippen molar-refractivity contribution in [2.75, 3.05) is 46.2 Å². The first-order valence-corrected chi connectivity index (χ1v) is 14.4. The lowest BCUT2D eigenvalue weighted by molar-refractivity contribution is -0.870. The fraction of sp³-hybridized carbons (Fsp3) is 0.394. The molecule has 2 aromatic carbocycles. The number of allylic oxidation sites excluding steroid dienone is 5. The lowest BCUT2D eigenvalue weighted by Crippen LogP contribution is -3.00. The van der Waals surface area contributed by atoms with E-state index >= 15 is 0 Å². The number of anilines is 1. The fourth-order valence-corrected chi connectivity index (χ4v) is 6.64. The second-order valence-electron chi connectivity index (χ2n) is 13.1. The number of hydrogen-bond acceptors (Lipinski definition) is 3. The Morgan fingerprint density at radius 3 is 2.27 bits per heavy atom. The van der Waals surface area contributed by atoms with Crippen molar-refractivity contribution in [2.45, 2.75) is 44.9 Å². The van der Waals surface area contributed by atoms with Crippen LogP contribution < -0.4 is 34.0 Å². The molecular formula is C33H40Br2IN3O2. The van der Waals surface area contributed by atoms with Crippen molar-refractivity contribution in [1.29, 1.82) is 0 Å². The predicted octanol–water partition coefficient (Wildman–Crippen LogP) is 2.94. The topological polar surface area (TPSA) is 46.4 Å². The molecule has 0 aromatic heterocycles. The van der Waals surface area contributed by atoms with Gasteiger partial charge >= 0.3 is 0 Å². The van der Waals surface area contributed by atoms with Crippen molar-refractivity contribution < 1.29 is 42.9 Å². The quantitative estimate of drug-likeness (QED) is 0.196. The van der Waals surface area contributed by atoms with E-state index in [1.807, 2.05) is 31.3 Å². The van der Waals surface area contributed by atoms with Crippen LogP contribution in [0, 0.1) is 0 Å². The van der Waals surface area contributed by atoms with Crippen molar-refractivity contribution in [3.63, 3.8) is 0 Å². The summed E-state index contributed by atoms with van der Waals surface area (Å²) in [6, 6.07) is 14.6. The molecular weight excluding hydrogens is 757 g/mol. The van der Waals surface area contributed by atoms with E-state index in [1.165, 1.54) is 11.1 Å². The minimum absolute atomic E-state index is 0. The Morgan fingerprint density at radius 2 is 1.66 bits per heavy atom. The van der Waals surface area contributed by atoms with E-state index in [0.29, 0.717) is 0 Å². The molecule has 0 amide bonds. The lowest BCUT2D eigenvalue weighted by Gasteiger charge is -2.33. The van der Waals surface area contributed by atoms with E-state index in [0.717, 1.165) is 51.2 Å². The van der Waals surface area contributed by atoms with Gasteiger partial charge in [-0.1, -0.05) is 53.7 Å². The monoisotopic (exact) mass is 795 g/mol. The zero-order valence-electron chi connectivity index (χ0n) is 25.1. The van der Waals surface area contributed by atoms with Gasteiger partial charge in [0.2, 0.25) is 5.69 Å². The second kappa shape index (κ2) is 11.7. The molecule has 1 aliphatic carbocycles. The molecule has 0 atom stereocenters. The molecule has 0 fully saturated rings. The van der Waals surface area contributed by atoms with Gasteiger partial charge in [-0.2, -0.15) is 4.58 Å². The van der Waals surface area contributed by atoms with E-state index in [9.17, 15) is 9.90 Å². The third-order valence-corrected chi connectivity index (χ3v) is 9.04. The number of carbonyl (C=O) groups is 1. The van der Waals surface area contributed by atoms with Gasteiger partial charge in [-0.15, -0.1) is 17.0 Å². The molecule has 0 saturated carbocycles. The van der Waals surface area contributed by atoms with Crippen molar-refractivity contribution in [2.24, 2.45) is 0 Å². The van der Waals surface area contributed by atoms with Gasteiger partial charge in [0.25, 0.3) is 0 Å². The number of nitrogens with zero attached hydrogens (tertiary/aromatic N) is 3. The van der Waals surface area contributed by atoms with E-state index in [2.05, 4.69) is 105 Å². The van der Waals surface area contributed by atoms with Crippen LogP contribution in [0.25, 0.3) is 0 Å². The summed E-state index contributed by atoms with van der Waals surface area (Å²) >= 11 is 3.64. The molecule has 8 heteroatoms. The van der Waals surface area contributed by atoms with E-state index in [4.69, 9.17) is 0 Å². The Balaban J connectivity index is 0.00000231. The molecule has 2 heterocycles. The third kappa shape index (κ3) is 5.78. The molecule has 0 unspecified atom stereocenters. The summed E-state index contributed by atoms with van der Waals surface area (Å²) in [7, 11) is 8.60. The molecule has 2 aromatic rings. The van der Waals surface area contributed by atoms with Crippen LogP contribution in [0.2, 0.25) is 0 Å². The zero-order valence-corrected chi connectivity index (χ0v) is 30.6. The molecule has 220 valence electrons. The smallest absolute Gasteiger partial charge is 0.209 e. The maximum absolute atomic E-state index is 13.5. The maximum Gasteiger partial charge on any atom is 0.209 e. The molecule has 5 rings (SSSR count). The maximum atomic E-state index is 13.5. The van der Waals surface area contributed by atoms with Gasteiger partial charge in [-0.3, -0.25) is 4.79 Å². The first kappa shape index (κ1) is 33.7. The van der Waals surface area contributed by atoms with Crippen LogP contribution in [0.15, 0.2) is 81.7 Å². The highest BCUT2D eigenvalue weighted by Gasteiger charge is 2.45. The zero-order chi connectivity index (χ0) is 28.5. The van der Waals surface area contributed by atoms with Crippen LogP contribution in [0.5, 0.6) is 0 Å². The number of benzene rings is 2. The largest absolute Gasteiger partial charge is 1.00 e.